The fourth-order valence-electron chi connectivity index (χ4n) is 2.18. The Labute approximate surface area is 141 Å². The van der Waals surface area contributed by atoms with Crippen LogP contribution in [0.5, 0.6) is 0 Å². The molecular weight excluding hydrogens is 306 g/mol. The lowest BCUT2D eigenvalue weighted by Gasteiger charge is -2.08. The third-order valence-corrected chi connectivity index (χ3v) is 3.24. The Morgan fingerprint density at radius 1 is 1.08 bits per heavy atom. The van der Waals surface area contributed by atoms with Crippen molar-refractivity contribution in [2.45, 2.75) is 20.5 Å². The zero-order valence-electron chi connectivity index (χ0n) is 13.9. The standard InChI is InChI=1S/C19H21NO4/c1-3-24-19(22)16-8-5-7-15(11-16)12-23-13-18(21)20-17-9-4-6-14(2)10-17/h4-11H,3,12-13H2,1-2H3,(H,20,21). The van der Waals surface area contributed by atoms with Gasteiger partial charge in [0.05, 0.1) is 18.8 Å². The lowest BCUT2D eigenvalue weighted by molar-refractivity contribution is -0.121. The lowest BCUT2D eigenvalue weighted by Crippen LogP contribution is -2.18. The molecule has 1 amide bonds. The molecule has 0 aliphatic heterocycles. The molecule has 0 atom stereocenters. The summed E-state index contributed by atoms with van der Waals surface area (Å²) in [5.74, 6) is -0.585. The highest BCUT2D eigenvalue weighted by molar-refractivity contribution is 5.91. The molecule has 0 spiro atoms. The number of benzene rings is 2. The minimum absolute atomic E-state index is 0.0580. The summed E-state index contributed by atoms with van der Waals surface area (Å²) in [6.07, 6.45) is 0. The summed E-state index contributed by atoms with van der Waals surface area (Å²) in [7, 11) is 0. The highest BCUT2D eigenvalue weighted by atomic mass is 16.5. The number of hydrogen-bond acceptors (Lipinski definition) is 4. The molecule has 1 N–H and O–H groups in total. The van der Waals surface area contributed by atoms with Crippen LogP contribution in [-0.2, 0) is 20.9 Å². The van der Waals surface area contributed by atoms with E-state index in [9.17, 15) is 9.59 Å². The van der Waals surface area contributed by atoms with Crippen molar-refractivity contribution < 1.29 is 19.1 Å². The Balaban J connectivity index is 1.82. The summed E-state index contributed by atoms with van der Waals surface area (Å²) in [5.41, 5.74) is 3.10. The van der Waals surface area contributed by atoms with Crippen LogP contribution in [0.2, 0.25) is 0 Å². The van der Waals surface area contributed by atoms with Crippen molar-refractivity contribution in [3.05, 3.63) is 65.2 Å². The number of anilines is 1. The minimum atomic E-state index is -0.364. The molecule has 0 bridgehead atoms. The number of amides is 1. The quantitative estimate of drug-likeness (QED) is 0.792. The third kappa shape index (κ3) is 5.52. The first-order valence-corrected chi connectivity index (χ1v) is 7.79. The van der Waals surface area contributed by atoms with Crippen LogP contribution < -0.4 is 5.32 Å². The Bertz CT molecular complexity index is 712. The molecule has 5 heteroatoms. The summed E-state index contributed by atoms with van der Waals surface area (Å²) in [4.78, 5) is 23.5. The number of nitrogens with one attached hydrogen (secondary N) is 1. The Morgan fingerprint density at radius 2 is 1.88 bits per heavy atom. The summed E-state index contributed by atoms with van der Waals surface area (Å²) in [6.45, 7) is 4.24. The van der Waals surface area contributed by atoms with Gasteiger partial charge in [-0.05, 0) is 49.2 Å². The molecule has 0 radical (unpaired) electrons. The number of rotatable bonds is 7. The van der Waals surface area contributed by atoms with E-state index in [-0.39, 0.29) is 25.1 Å². The predicted octanol–water partition coefficient (Wildman–Crippen LogP) is 3.33. The van der Waals surface area contributed by atoms with Crippen LogP contribution in [0.25, 0.3) is 0 Å². The summed E-state index contributed by atoms with van der Waals surface area (Å²) >= 11 is 0. The molecule has 2 rings (SSSR count). The molecule has 0 unspecified atom stereocenters. The van der Waals surface area contributed by atoms with Gasteiger partial charge in [-0.15, -0.1) is 0 Å². The Morgan fingerprint density at radius 3 is 2.62 bits per heavy atom. The van der Waals surface area contributed by atoms with Crippen LogP contribution in [0.1, 0.15) is 28.4 Å². The van der Waals surface area contributed by atoms with Crippen LogP contribution >= 0.6 is 0 Å². The van der Waals surface area contributed by atoms with Crippen molar-refractivity contribution in [3.8, 4) is 0 Å². The molecule has 0 aliphatic rings. The summed E-state index contributed by atoms with van der Waals surface area (Å²) in [5, 5.41) is 2.78. The number of esters is 1. The topological polar surface area (TPSA) is 64.6 Å². The minimum Gasteiger partial charge on any atom is -0.462 e. The van der Waals surface area contributed by atoms with Gasteiger partial charge in [-0.1, -0.05) is 24.3 Å². The van der Waals surface area contributed by atoms with Gasteiger partial charge < -0.3 is 14.8 Å². The molecule has 24 heavy (non-hydrogen) atoms. The smallest absolute Gasteiger partial charge is 0.338 e. The zero-order valence-corrected chi connectivity index (χ0v) is 13.9. The SMILES string of the molecule is CCOC(=O)c1cccc(COCC(=O)Nc2cccc(C)c2)c1. The molecule has 2 aromatic carbocycles. The fraction of sp³-hybridized carbons (Fsp3) is 0.263. The highest BCUT2D eigenvalue weighted by Gasteiger charge is 2.07. The maximum atomic E-state index is 11.9. The van der Waals surface area contributed by atoms with Crippen molar-refractivity contribution in [1.82, 2.24) is 0 Å². The van der Waals surface area contributed by atoms with Gasteiger partial charge >= 0.3 is 5.97 Å². The molecule has 0 saturated heterocycles. The zero-order chi connectivity index (χ0) is 17.4. The van der Waals surface area contributed by atoms with Gasteiger partial charge in [0.15, 0.2) is 0 Å². The summed E-state index contributed by atoms with van der Waals surface area (Å²) in [6, 6.07) is 14.5. The van der Waals surface area contributed by atoms with Gasteiger partial charge in [-0.25, -0.2) is 4.79 Å². The van der Waals surface area contributed by atoms with Gasteiger partial charge in [0.2, 0.25) is 5.91 Å². The van der Waals surface area contributed by atoms with E-state index in [2.05, 4.69) is 5.32 Å². The maximum Gasteiger partial charge on any atom is 0.338 e. The van der Waals surface area contributed by atoms with E-state index in [1.54, 1.807) is 25.1 Å². The van der Waals surface area contributed by atoms with Crippen molar-refractivity contribution in [3.63, 3.8) is 0 Å². The Hall–Kier alpha value is -2.66. The van der Waals surface area contributed by atoms with Gasteiger partial charge in [-0.3, -0.25) is 4.79 Å². The maximum absolute atomic E-state index is 11.9. The molecule has 0 aromatic heterocycles. The molecule has 5 nitrogen and oxygen atoms in total. The normalized spacial score (nSPS) is 10.2. The van der Waals surface area contributed by atoms with Crippen molar-refractivity contribution in [1.29, 1.82) is 0 Å². The largest absolute Gasteiger partial charge is 0.462 e. The van der Waals surface area contributed by atoms with Crippen LogP contribution in [-0.4, -0.2) is 25.1 Å². The second kappa shape index (κ2) is 8.84. The van der Waals surface area contributed by atoms with Gasteiger partial charge in [0, 0.05) is 5.69 Å². The van der Waals surface area contributed by atoms with Gasteiger partial charge in [0.25, 0.3) is 0 Å². The molecule has 0 fully saturated rings. The second-order valence-electron chi connectivity index (χ2n) is 5.33. The summed E-state index contributed by atoms with van der Waals surface area (Å²) < 4.78 is 10.4. The first kappa shape index (κ1) is 17.7. The number of carbonyl (C=O) groups is 2. The first-order valence-electron chi connectivity index (χ1n) is 7.79. The molecule has 0 aliphatic carbocycles. The van der Waals surface area contributed by atoms with Crippen LogP contribution in [0, 0.1) is 6.92 Å². The van der Waals surface area contributed by atoms with Crippen LogP contribution in [0.15, 0.2) is 48.5 Å². The van der Waals surface area contributed by atoms with E-state index in [0.717, 1.165) is 16.8 Å². The Kier molecular flexibility index (Phi) is 6.51. The van der Waals surface area contributed by atoms with E-state index in [4.69, 9.17) is 9.47 Å². The number of carbonyl (C=O) groups excluding carboxylic acids is 2. The fourth-order valence-corrected chi connectivity index (χ4v) is 2.18. The van der Waals surface area contributed by atoms with Crippen LogP contribution in [0.4, 0.5) is 5.69 Å². The van der Waals surface area contributed by atoms with Gasteiger partial charge in [0.1, 0.15) is 6.61 Å². The van der Waals surface area contributed by atoms with E-state index in [0.29, 0.717) is 12.2 Å². The van der Waals surface area contributed by atoms with E-state index < -0.39 is 0 Å². The van der Waals surface area contributed by atoms with Crippen molar-refractivity contribution in [2.75, 3.05) is 18.5 Å². The van der Waals surface area contributed by atoms with E-state index in [1.165, 1.54) is 0 Å². The molecular formula is C19H21NO4. The third-order valence-electron chi connectivity index (χ3n) is 3.24. The number of ether oxygens (including phenoxy) is 2. The second-order valence-corrected chi connectivity index (χ2v) is 5.33. The predicted molar refractivity (Wildman–Crippen MR) is 91.9 cm³/mol. The van der Waals surface area contributed by atoms with Crippen molar-refractivity contribution >= 4 is 17.6 Å². The van der Waals surface area contributed by atoms with E-state index >= 15 is 0 Å². The monoisotopic (exact) mass is 327 g/mol. The average molecular weight is 327 g/mol. The van der Waals surface area contributed by atoms with E-state index in [1.807, 2.05) is 37.3 Å². The average Bonchev–Trinajstić information content (AvgIpc) is 2.55. The van der Waals surface area contributed by atoms with Crippen LogP contribution in [0.3, 0.4) is 0 Å². The van der Waals surface area contributed by atoms with Crippen molar-refractivity contribution in [2.24, 2.45) is 0 Å². The molecule has 0 saturated carbocycles. The highest BCUT2D eigenvalue weighted by Crippen LogP contribution is 2.10. The lowest BCUT2D eigenvalue weighted by atomic mass is 10.1. The molecule has 2 aromatic rings. The molecule has 0 heterocycles. The number of hydrogen-bond donors (Lipinski definition) is 1. The van der Waals surface area contributed by atoms with Gasteiger partial charge in [-0.2, -0.15) is 0 Å². The molecule has 126 valence electrons. The first-order chi connectivity index (χ1) is 11.6. The number of aryl methyl sites for hydroxylation is 1.